The molecule has 3 amide bonds. The van der Waals surface area contributed by atoms with Gasteiger partial charge in [-0.3, -0.25) is 10.1 Å². The van der Waals surface area contributed by atoms with Crippen LogP contribution < -0.4 is 15.4 Å². The molecule has 9 nitrogen and oxygen atoms in total. The molecule has 1 unspecified atom stereocenters. The maximum Gasteiger partial charge on any atom is 0.339 e. The number of rotatable bonds is 6. The molecule has 0 aliphatic rings. The number of sulfonamides is 1. The molecule has 2 rings (SSSR count). The molecule has 0 bridgehead atoms. The lowest BCUT2D eigenvalue weighted by Gasteiger charge is -2.21. The normalized spacial score (nSPS) is 12.5. The minimum atomic E-state index is -3.87. The average Bonchev–Trinajstić information content (AvgIpc) is 2.66. The highest BCUT2D eigenvalue weighted by molar-refractivity contribution is 7.89. The first-order chi connectivity index (χ1) is 14.8. The second-order valence-corrected chi connectivity index (χ2v) is 9.87. The van der Waals surface area contributed by atoms with E-state index >= 15 is 0 Å². The summed E-state index contributed by atoms with van der Waals surface area (Å²) >= 11 is 0. The Kier molecular flexibility index (Phi) is 7.76. The van der Waals surface area contributed by atoms with Crippen LogP contribution >= 0.6 is 0 Å². The van der Waals surface area contributed by atoms with Gasteiger partial charge in [0, 0.05) is 11.2 Å². The maximum absolute atomic E-state index is 12.6. The summed E-state index contributed by atoms with van der Waals surface area (Å²) in [5, 5.41) is 4.57. The number of esters is 1. The fourth-order valence-corrected chi connectivity index (χ4v) is 4.07. The quantitative estimate of drug-likeness (QED) is 0.567. The van der Waals surface area contributed by atoms with Crippen molar-refractivity contribution in [2.24, 2.45) is 0 Å². The number of para-hydroxylation sites is 1. The lowest BCUT2D eigenvalue weighted by atomic mass is 10.1. The van der Waals surface area contributed by atoms with Crippen LogP contribution in [0.25, 0.3) is 0 Å². The molecule has 0 fully saturated rings. The average molecular weight is 462 g/mol. The van der Waals surface area contributed by atoms with E-state index in [4.69, 9.17) is 4.74 Å². The topological polar surface area (TPSA) is 131 Å². The van der Waals surface area contributed by atoms with Crippen molar-refractivity contribution < 1.29 is 27.5 Å². The van der Waals surface area contributed by atoms with E-state index in [-0.39, 0.29) is 10.5 Å². The first-order valence-electron chi connectivity index (χ1n) is 9.81. The zero-order chi connectivity index (χ0) is 24.1. The summed E-state index contributed by atoms with van der Waals surface area (Å²) < 4.78 is 32.8. The Morgan fingerprint density at radius 3 is 2.22 bits per heavy atom. The fourth-order valence-electron chi connectivity index (χ4n) is 2.63. The van der Waals surface area contributed by atoms with Crippen LogP contribution in [0.1, 0.15) is 43.6 Å². The molecule has 172 valence electrons. The van der Waals surface area contributed by atoms with Crippen molar-refractivity contribution in [3.63, 3.8) is 0 Å². The number of benzene rings is 2. The number of imide groups is 1. The molecule has 0 aliphatic heterocycles. The molecule has 0 radical (unpaired) electrons. The Balaban J connectivity index is 2.07. The van der Waals surface area contributed by atoms with Gasteiger partial charge in [-0.05, 0) is 64.4 Å². The molecule has 0 aliphatic carbocycles. The van der Waals surface area contributed by atoms with Gasteiger partial charge in [-0.2, -0.15) is 0 Å². The Morgan fingerprint density at radius 2 is 1.62 bits per heavy atom. The number of urea groups is 1. The van der Waals surface area contributed by atoms with Crippen molar-refractivity contribution in [1.82, 2.24) is 10.0 Å². The predicted octanol–water partition coefficient (Wildman–Crippen LogP) is 2.97. The Labute approximate surface area is 187 Å². The van der Waals surface area contributed by atoms with E-state index in [1.165, 1.54) is 25.1 Å². The molecule has 0 aromatic heterocycles. The van der Waals surface area contributed by atoms with Crippen LogP contribution in [-0.4, -0.2) is 38.0 Å². The lowest BCUT2D eigenvalue weighted by molar-refractivity contribution is -0.127. The van der Waals surface area contributed by atoms with Crippen LogP contribution in [-0.2, 0) is 19.6 Å². The Hall–Kier alpha value is -3.24. The molecule has 10 heteroatoms. The minimum Gasteiger partial charge on any atom is -0.449 e. The monoisotopic (exact) mass is 461 g/mol. The standard InChI is InChI=1S/C22H27N3O6S/c1-14-11-12-17(32(29,30)25-22(3,4)5)13-18(14)20(27)31-15(2)19(26)24-21(28)23-16-9-7-6-8-10-16/h6-13,15,25H,1-5H3,(H2,23,24,26,28). The van der Waals surface area contributed by atoms with Crippen molar-refractivity contribution in [2.45, 2.75) is 51.2 Å². The molecule has 0 saturated heterocycles. The molecule has 1 atom stereocenters. The van der Waals surface area contributed by atoms with E-state index in [1.54, 1.807) is 58.0 Å². The summed E-state index contributed by atoms with van der Waals surface area (Å²) in [4.78, 5) is 36.7. The number of carbonyl (C=O) groups is 3. The van der Waals surface area contributed by atoms with Crippen molar-refractivity contribution >= 4 is 33.6 Å². The van der Waals surface area contributed by atoms with E-state index in [0.29, 0.717) is 11.3 Å². The fraction of sp³-hybridized carbons (Fsp3) is 0.318. The second-order valence-electron chi connectivity index (χ2n) is 8.19. The molecule has 32 heavy (non-hydrogen) atoms. The molecule has 2 aromatic carbocycles. The number of aryl methyl sites for hydroxylation is 1. The second kappa shape index (κ2) is 9.92. The summed E-state index contributed by atoms with van der Waals surface area (Å²) in [5.41, 5.74) is 0.242. The highest BCUT2D eigenvalue weighted by Gasteiger charge is 2.26. The molecule has 3 N–H and O–H groups in total. The minimum absolute atomic E-state index is 0.00447. The number of anilines is 1. The number of hydrogen-bond donors (Lipinski definition) is 3. The van der Waals surface area contributed by atoms with Crippen molar-refractivity contribution in [3.8, 4) is 0 Å². The van der Waals surface area contributed by atoms with E-state index in [0.717, 1.165) is 0 Å². The predicted molar refractivity (Wildman–Crippen MR) is 120 cm³/mol. The SMILES string of the molecule is Cc1ccc(S(=O)(=O)NC(C)(C)C)cc1C(=O)OC(C)C(=O)NC(=O)Nc1ccccc1. The van der Waals surface area contributed by atoms with E-state index in [9.17, 15) is 22.8 Å². The van der Waals surface area contributed by atoms with Gasteiger partial charge in [0.1, 0.15) is 0 Å². The summed E-state index contributed by atoms with van der Waals surface area (Å²) in [7, 11) is -3.87. The van der Waals surface area contributed by atoms with Crippen LogP contribution in [0, 0.1) is 6.92 Å². The molecule has 2 aromatic rings. The maximum atomic E-state index is 12.6. The number of carbonyl (C=O) groups excluding carboxylic acids is 3. The van der Waals surface area contributed by atoms with E-state index in [2.05, 4.69) is 15.4 Å². The van der Waals surface area contributed by atoms with Gasteiger partial charge in [0.05, 0.1) is 10.5 Å². The number of ether oxygens (including phenoxy) is 1. The zero-order valence-corrected chi connectivity index (χ0v) is 19.4. The summed E-state index contributed by atoms with van der Waals surface area (Å²) in [5.74, 6) is -1.72. The van der Waals surface area contributed by atoms with Gasteiger partial charge in [-0.1, -0.05) is 24.3 Å². The largest absolute Gasteiger partial charge is 0.449 e. The molecular formula is C22H27N3O6S. The summed E-state index contributed by atoms with van der Waals surface area (Å²) in [6.07, 6.45) is -1.30. The van der Waals surface area contributed by atoms with Crippen LogP contribution in [0.2, 0.25) is 0 Å². The van der Waals surface area contributed by atoms with Gasteiger partial charge in [0.15, 0.2) is 6.10 Å². The number of nitrogens with one attached hydrogen (secondary N) is 3. The van der Waals surface area contributed by atoms with E-state index < -0.39 is 39.6 Å². The third-order valence-corrected chi connectivity index (χ3v) is 5.86. The van der Waals surface area contributed by atoms with Crippen LogP contribution in [0.4, 0.5) is 10.5 Å². The third kappa shape index (κ3) is 7.17. The third-order valence-electron chi connectivity index (χ3n) is 4.10. The summed E-state index contributed by atoms with van der Waals surface area (Å²) in [6.45, 7) is 8.01. The number of amides is 3. The highest BCUT2D eigenvalue weighted by atomic mass is 32.2. The van der Waals surface area contributed by atoms with Gasteiger partial charge < -0.3 is 10.1 Å². The van der Waals surface area contributed by atoms with Crippen molar-refractivity contribution in [3.05, 3.63) is 59.7 Å². The summed E-state index contributed by atoms with van der Waals surface area (Å²) in [6, 6.07) is 11.8. The van der Waals surface area contributed by atoms with Crippen LogP contribution in [0.5, 0.6) is 0 Å². The smallest absolute Gasteiger partial charge is 0.339 e. The Bertz CT molecular complexity index is 1110. The number of hydrogen-bond acceptors (Lipinski definition) is 6. The molecule has 0 heterocycles. The molecule has 0 saturated carbocycles. The molecular weight excluding hydrogens is 434 g/mol. The zero-order valence-electron chi connectivity index (χ0n) is 18.6. The van der Waals surface area contributed by atoms with Gasteiger partial charge in [-0.25, -0.2) is 22.7 Å². The van der Waals surface area contributed by atoms with Gasteiger partial charge >= 0.3 is 12.0 Å². The molecule has 0 spiro atoms. The first-order valence-corrected chi connectivity index (χ1v) is 11.3. The van der Waals surface area contributed by atoms with Crippen LogP contribution in [0.3, 0.4) is 0 Å². The van der Waals surface area contributed by atoms with Gasteiger partial charge in [-0.15, -0.1) is 0 Å². The van der Waals surface area contributed by atoms with E-state index in [1.807, 2.05) is 0 Å². The first kappa shape index (κ1) is 25.0. The van der Waals surface area contributed by atoms with Crippen molar-refractivity contribution in [1.29, 1.82) is 0 Å². The van der Waals surface area contributed by atoms with Gasteiger partial charge in [0.2, 0.25) is 10.0 Å². The highest BCUT2D eigenvalue weighted by Crippen LogP contribution is 2.19. The van der Waals surface area contributed by atoms with Gasteiger partial charge in [0.25, 0.3) is 5.91 Å². The van der Waals surface area contributed by atoms with Crippen LogP contribution in [0.15, 0.2) is 53.4 Å². The van der Waals surface area contributed by atoms with Crippen molar-refractivity contribution in [2.75, 3.05) is 5.32 Å². The lowest BCUT2D eigenvalue weighted by Crippen LogP contribution is -2.41. The Morgan fingerprint density at radius 1 is 1.00 bits per heavy atom.